The van der Waals surface area contributed by atoms with E-state index in [2.05, 4.69) is 4.74 Å². The van der Waals surface area contributed by atoms with E-state index in [4.69, 9.17) is 0 Å². The highest BCUT2D eigenvalue weighted by molar-refractivity contribution is 5.91. The second-order valence-corrected chi connectivity index (χ2v) is 4.04. The van der Waals surface area contributed by atoms with E-state index >= 15 is 0 Å². The van der Waals surface area contributed by atoms with Gasteiger partial charge in [-0.15, -0.1) is 0 Å². The van der Waals surface area contributed by atoms with Crippen molar-refractivity contribution in [2.24, 2.45) is 0 Å². The van der Waals surface area contributed by atoms with Crippen LogP contribution in [-0.2, 0) is 4.74 Å². The topological polar surface area (TPSA) is 43.4 Å². The molecule has 0 amide bonds. The van der Waals surface area contributed by atoms with Gasteiger partial charge in [0.15, 0.2) is 6.29 Å². The van der Waals surface area contributed by atoms with Crippen molar-refractivity contribution in [1.29, 1.82) is 0 Å². The molecule has 3 nitrogen and oxygen atoms in total. The van der Waals surface area contributed by atoms with E-state index in [1.165, 1.54) is 31.4 Å². The second-order valence-electron chi connectivity index (χ2n) is 4.04. The van der Waals surface area contributed by atoms with E-state index in [1.54, 1.807) is 0 Å². The molecule has 0 atom stereocenters. The highest BCUT2D eigenvalue weighted by atomic mass is 19.1. The summed E-state index contributed by atoms with van der Waals surface area (Å²) < 4.78 is 31.4. The zero-order valence-electron chi connectivity index (χ0n) is 10.5. The van der Waals surface area contributed by atoms with Gasteiger partial charge in [0.25, 0.3) is 0 Å². The largest absolute Gasteiger partial charge is 0.465 e. The van der Waals surface area contributed by atoms with Gasteiger partial charge < -0.3 is 4.74 Å². The van der Waals surface area contributed by atoms with Crippen LogP contribution in [0.1, 0.15) is 20.7 Å². The molecule has 0 saturated heterocycles. The van der Waals surface area contributed by atoms with E-state index < -0.39 is 17.6 Å². The summed E-state index contributed by atoms with van der Waals surface area (Å²) in [7, 11) is 1.25. The van der Waals surface area contributed by atoms with E-state index in [0.29, 0.717) is 23.5 Å². The molecule has 0 fully saturated rings. The van der Waals surface area contributed by atoms with Crippen LogP contribution in [0.3, 0.4) is 0 Å². The van der Waals surface area contributed by atoms with Crippen LogP contribution >= 0.6 is 0 Å². The highest BCUT2D eigenvalue weighted by Crippen LogP contribution is 2.27. The first kappa shape index (κ1) is 13.9. The lowest BCUT2D eigenvalue weighted by Crippen LogP contribution is -2.01. The summed E-state index contributed by atoms with van der Waals surface area (Å²) in [6, 6.07) is 7.48. The summed E-state index contributed by atoms with van der Waals surface area (Å²) >= 11 is 0. The molecule has 0 unspecified atom stereocenters. The first-order valence-electron chi connectivity index (χ1n) is 5.69. The quantitative estimate of drug-likeness (QED) is 0.638. The molecule has 0 aliphatic rings. The summed E-state index contributed by atoms with van der Waals surface area (Å²) in [6.45, 7) is 0. The molecule has 0 N–H and O–H groups in total. The molecule has 0 aliphatic heterocycles. The lowest BCUT2D eigenvalue weighted by atomic mass is 9.98. The van der Waals surface area contributed by atoms with E-state index in [-0.39, 0.29) is 11.1 Å². The number of hydrogen-bond donors (Lipinski definition) is 0. The van der Waals surface area contributed by atoms with Crippen LogP contribution in [0.5, 0.6) is 0 Å². The number of aldehydes is 1. The minimum atomic E-state index is -0.835. The lowest BCUT2D eigenvalue weighted by molar-refractivity contribution is 0.0600. The van der Waals surface area contributed by atoms with Crippen molar-refractivity contribution in [2.45, 2.75) is 0 Å². The van der Waals surface area contributed by atoms with Crippen LogP contribution in [-0.4, -0.2) is 19.4 Å². The third kappa shape index (κ3) is 2.56. The van der Waals surface area contributed by atoms with Gasteiger partial charge in [-0.1, -0.05) is 12.1 Å². The maximum atomic E-state index is 13.8. The molecule has 0 saturated carbocycles. The van der Waals surface area contributed by atoms with Crippen molar-refractivity contribution in [3.05, 3.63) is 59.2 Å². The number of esters is 1. The van der Waals surface area contributed by atoms with Crippen molar-refractivity contribution in [3.63, 3.8) is 0 Å². The predicted octanol–water partition coefficient (Wildman–Crippen LogP) is 3.23. The zero-order valence-corrected chi connectivity index (χ0v) is 10.5. The molecule has 0 radical (unpaired) electrons. The Morgan fingerprint density at radius 2 is 1.80 bits per heavy atom. The fourth-order valence-corrected chi connectivity index (χ4v) is 1.88. The van der Waals surface area contributed by atoms with Crippen molar-refractivity contribution in [2.75, 3.05) is 7.11 Å². The number of methoxy groups -OCH3 is 1. The Bertz CT molecular complexity index is 664. The third-order valence-electron chi connectivity index (χ3n) is 2.81. The summed E-state index contributed by atoms with van der Waals surface area (Å²) in [5, 5.41) is 0. The summed E-state index contributed by atoms with van der Waals surface area (Å²) in [5.41, 5.74) is 0.579. The Balaban J connectivity index is 2.52. The van der Waals surface area contributed by atoms with Crippen molar-refractivity contribution < 1.29 is 23.1 Å². The molecular formula is C15H10F2O3. The number of carbonyl (C=O) groups excluding carboxylic acids is 2. The van der Waals surface area contributed by atoms with Gasteiger partial charge in [0.05, 0.1) is 12.7 Å². The van der Waals surface area contributed by atoms with Gasteiger partial charge in [0.1, 0.15) is 11.6 Å². The molecule has 0 heterocycles. The SMILES string of the molecule is COC(=O)c1ccc(-c2c(F)cc(F)cc2C=O)cc1. The van der Waals surface area contributed by atoms with Gasteiger partial charge in [-0.2, -0.15) is 0 Å². The van der Waals surface area contributed by atoms with Gasteiger partial charge in [-0.25, -0.2) is 13.6 Å². The second kappa shape index (κ2) is 5.61. The standard InChI is InChI=1S/C15H10F2O3/c1-20-15(19)10-4-2-9(3-5-10)14-11(8-18)6-12(16)7-13(14)17/h2-8H,1H3. The number of rotatable bonds is 3. The van der Waals surface area contributed by atoms with Crippen molar-refractivity contribution in [3.8, 4) is 11.1 Å². The number of halogens is 2. The number of hydrogen-bond acceptors (Lipinski definition) is 3. The van der Waals surface area contributed by atoms with Crippen LogP contribution in [0, 0.1) is 11.6 Å². The molecule has 0 aliphatic carbocycles. The minimum Gasteiger partial charge on any atom is -0.465 e. The number of carbonyl (C=O) groups is 2. The van der Waals surface area contributed by atoms with Gasteiger partial charge in [-0.3, -0.25) is 4.79 Å². The van der Waals surface area contributed by atoms with Crippen LogP contribution in [0.2, 0.25) is 0 Å². The third-order valence-corrected chi connectivity index (χ3v) is 2.81. The van der Waals surface area contributed by atoms with Gasteiger partial charge >= 0.3 is 5.97 Å². The molecule has 0 aromatic heterocycles. The summed E-state index contributed by atoms with van der Waals surface area (Å²) in [5.74, 6) is -2.18. The molecule has 0 spiro atoms. The molecule has 102 valence electrons. The van der Waals surface area contributed by atoms with Crippen molar-refractivity contribution >= 4 is 12.3 Å². The molecule has 20 heavy (non-hydrogen) atoms. The smallest absolute Gasteiger partial charge is 0.337 e. The first-order chi connectivity index (χ1) is 9.56. The minimum absolute atomic E-state index is 0.00202. The molecular weight excluding hydrogens is 266 g/mol. The molecule has 2 rings (SSSR count). The maximum Gasteiger partial charge on any atom is 0.337 e. The fraction of sp³-hybridized carbons (Fsp3) is 0.0667. The monoisotopic (exact) mass is 276 g/mol. The average molecular weight is 276 g/mol. The van der Waals surface area contributed by atoms with Crippen LogP contribution in [0.25, 0.3) is 11.1 Å². The van der Waals surface area contributed by atoms with E-state index in [0.717, 1.165) is 6.07 Å². The molecule has 0 bridgehead atoms. The summed E-state index contributed by atoms with van der Waals surface area (Å²) in [6.07, 6.45) is 0.385. The zero-order chi connectivity index (χ0) is 14.7. The number of ether oxygens (including phenoxy) is 1. The van der Waals surface area contributed by atoms with Crippen LogP contribution < -0.4 is 0 Å². The fourth-order valence-electron chi connectivity index (χ4n) is 1.88. The van der Waals surface area contributed by atoms with Gasteiger partial charge in [-0.05, 0) is 23.8 Å². The average Bonchev–Trinajstić information content (AvgIpc) is 2.46. The van der Waals surface area contributed by atoms with E-state index in [9.17, 15) is 18.4 Å². The first-order valence-corrected chi connectivity index (χ1v) is 5.69. The predicted molar refractivity (Wildman–Crippen MR) is 68.5 cm³/mol. The normalized spacial score (nSPS) is 10.2. The number of benzene rings is 2. The van der Waals surface area contributed by atoms with Crippen LogP contribution in [0.15, 0.2) is 36.4 Å². The van der Waals surface area contributed by atoms with Crippen LogP contribution in [0.4, 0.5) is 8.78 Å². The Morgan fingerprint density at radius 1 is 1.15 bits per heavy atom. The van der Waals surface area contributed by atoms with Crippen molar-refractivity contribution in [1.82, 2.24) is 0 Å². The maximum absolute atomic E-state index is 13.8. The molecule has 2 aromatic rings. The Morgan fingerprint density at radius 3 is 2.35 bits per heavy atom. The Labute approximate surface area is 113 Å². The van der Waals surface area contributed by atoms with Gasteiger partial charge in [0.2, 0.25) is 0 Å². The van der Waals surface area contributed by atoms with E-state index in [1.807, 2.05) is 0 Å². The molecule has 5 heteroatoms. The lowest BCUT2D eigenvalue weighted by Gasteiger charge is -2.08. The molecule has 2 aromatic carbocycles. The Kier molecular flexibility index (Phi) is 3.89. The Hall–Kier alpha value is -2.56. The summed E-state index contributed by atoms with van der Waals surface area (Å²) in [4.78, 5) is 22.2. The van der Waals surface area contributed by atoms with Gasteiger partial charge in [0, 0.05) is 17.2 Å². The highest BCUT2D eigenvalue weighted by Gasteiger charge is 2.14.